The van der Waals surface area contributed by atoms with Crippen LogP contribution in [-0.2, 0) is 4.79 Å². The van der Waals surface area contributed by atoms with E-state index in [0.717, 1.165) is 9.13 Å². The summed E-state index contributed by atoms with van der Waals surface area (Å²) in [5.74, 6) is 0.254. The average molecular weight is 291 g/mol. The smallest absolute Gasteiger partial charge is 0.255 e. The van der Waals surface area contributed by atoms with Crippen molar-refractivity contribution in [3.8, 4) is 5.75 Å². The van der Waals surface area contributed by atoms with Crippen LogP contribution < -0.4 is 10.5 Å². The first-order chi connectivity index (χ1) is 6.09. The number of primary amides is 1. The number of carbonyl (C=O) groups is 1. The van der Waals surface area contributed by atoms with E-state index in [9.17, 15) is 4.79 Å². The highest BCUT2D eigenvalue weighted by Gasteiger charge is 2.01. The van der Waals surface area contributed by atoms with Crippen LogP contribution in [0.3, 0.4) is 0 Å². The van der Waals surface area contributed by atoms with Gasteiger partial charge in [0.25, 0.3) is 5.91 Å². The van der Waals surface area contributed by atoms with E-state index in [0.29, 0.717) is 5.75 Å². The molecule has 0 unspecified atom stereocenters. The molecule has 0 fully saturated rings. The molecule has 1 aromatic rings. The Kier molecular flexibility index (Phi) is 3.53. The number of aryl methyl sites for hydroxylation is 1. The zero-order valence-electron chi connectivity index (χ0n) is 7.21. The van der Waals surface area contributed by atoms with Crippen LogP contribution in [0.2, 0.25) is 0 Å². The topological polar surface area (TPSA) is 52.3 Å². The minimum Gasteiger partial charge on any atom is -0.483 e. The minimum atomic E-state index is -0.460. The number of halogens is 1. The third kappa shape index (κ3) is 3.22. The van der Waals surface area contributed by atoms with Crippen molar-refractivity contribution in [3.05, 3.63) is 27.3 Å². The summed E-state index contributed by atoms with van der Waals surface area (Å²) in [7, 11) is 0. The van der Waals surface area contributed by atoms with Crippen molar-refractivity contribution in [1.82, 2.24) is 0 Å². The third-order valence-corrected chi connectivity index (χ3v) is 2.19. The fourth-order valence-corrected chi connectivity index (χ4v) is 1.34. The summed E-state index contributed by atoms with van der Waals surface area (Å²) < 4.78 is 6.27. The van der Waals surface area contributed by atoms with E-state index in [1.165, 1.54) is 0 Å². The van der Waals surface area contributed by atoms with E-state index in [2.05, 4.69) is 22.6 Å². The van der Waals surface area contributed by atoms with Crippen LogP contribution in [0.1, 0.15) is 5.56 Å². The maximum absolute atomic E-state index is 10.5. The van der Waals surface area contributed by atoms with Crippen LogP contribution in [0.15, 0.2) is 18.2 Å². The molecule has 0 atom stereocenters. The Hall–Kier alpha value is -0.780. The molecule has 0 saturated heterocycles. The SMILES string of the molecule is Cc1ccc(I)cc1OCC(N)=O. The molecule has 0 aliphatic rings. The molecule has 3 nitrogen and oxygen atoms in total. The Morgan fingerprint density at radius 3 is 2.92 bits per heavy atom. The highest BCUT2D eigenvalue weighted by molar-refractivity contribution is 14.1. The molecule has 13 heavy (non-hydrogen) atoms. The van der Waals surface area contributed by atoms with E-state index in [1.807, 2.05) is 25.1 Å². The van der Waals surface area contributed by atoms with Gasteiger partial charge in [-0.3, -0.25) is 4.79 Å². The molecule has 4 heteroatoms. The summed E-state index contributed by atoms with van der Waals surface area (Å²) in [6, 6.07) is 5.80. The normalized spacial score (nSPS) is 9.69. The molecule has 70 valence electrons. The molecule has 2 N–H and O–H groups in total. The van der Waals surface area contributed by atoms with Gasteiger partial charge in [0, 0.05) is 3.57 Å². The minimum absolute atomic E-state index is 0.0685. The summed E-state index contributed by atoms with van der Waals surface area (Å²) in [6.45, 7) is 1.85. The maximum atomic E-state index is 10.5. The van der Waals surface area contributed by atoms with Crippen molar-refractivity contribution in [2.24, 2.45) is 5.73 Å². The van der Waals surface area contributed by atoms with Crippen LogP contribution in [0.5, 0.6) is 5.75 Å². The molecule has 0 saturated carbocycles. The second-order valence-electron chi connectivity index (χ2n) is 2.66. The quantitative estimate of drug-likeness (QED) is 0.857. The number of carbonyl (C=O) groups excluding carboxylic acids is 1. The van der Waals surface area contributed by atoms with Crippen molar-refractivity contribution in [1.29, 1.82) is 0 Å². The van der Waals surface area contributed by atoms with Gasteiger partial charge in [0.15, 0.2) is 6.61 Å². The van der Waals surface area contributed by atoms with Gasteiger partial charge in [-0.25, -0.2) is 0 Å². The fraction of sp³-hybridized carbons (Fsp3) is 0.222. The van der Waals surface area contributed by atoms with Crippen LogP contribution >= 0.6 is 22.6 Å². The molecular weight excluding hydrogens is 281 g/mol. The number of benzene rings is 1. The first-order valence-electron chi connectivity index (χ1n) is 3.77. The molecule has 0 aliphatic heterocycles. The van der Waals surface area contributed by atoms with Gasteiger partial charge < -0.3 is 10.5 Å². The first kappa shape index (κ1) is 10.3. The number of nitrogens with two attached hydrogens (primary N) is 1. The summed E-state index contributed by atoms with van der Waals surface area (Å²) in [5.41, 5.74) is 5.96. The van der Waals surface area contributed by atoms with E-state index < -0.39 is 5.91 Å². The van der Waals surface area contributed by atoms with Gasteiger partial charge in [0.05, 0.1) is 0 Å². The van der Waals surface area contributed by atoms with Gasteiger partial charge in [-0.15, -0.1) is 0 Å². The number of amides is 1. The van der Waals surface area contributed by atoms with Crippen molar-refractivity contribution >= 4 is 28.5 Å². The monoisotopic (exact) mass is 291 g/mol. The van der Waals surface area contributed by atoms with Crippen molar-refractivity contribution in [2.45, 2.75) is 6.92 Å². The number of hydrogen-bond donors (Lipinski definition) is 1. The lowest BCUT2D eigenvalue weighted by atomic mass is 10.2. The standard InChI is InChI=1S/C9H10INO2/c1-6-2-3-7(10)4-8(6)13-5-9(11)12/h2-4H,5H2,1H3,(H2,11,12). The Labute approximate surface area is 90.4 Å². The molecule has 1 aromatic carbocycles. The summed E-state index contributed by atoms with van der Waals surface area (Å²) in [4.78, 5) is 10.5. The lowest BCUT2D eigenvalue weighted by Gasteiger charge is -2.06. The highest BCUT2D eigenvalue weighted by Crippen LogP contribution is 2.20. The lowest BCUT2D eigenvalue weighted by Crippen LogP contribution is -2.20. The number of hydrogen-bond acceptors (Lipinski definition) is 2. The van der Waals surface area contributed by atoms with Crippen LogP contribution in [-0.4, -0.2) is 12.5 Å². The van der Waals surface area contributed by atoms with Gasteiger partial charge in [0.2, 0.25) is 0 Å². The molecule has 0 aromatic heterocycles. The zero-order chi connectivity index (χ0) is 9.84. The number of ether oxygens (including phenoxy) is 1. The van der Waals surface area contributed by atoms with Gasteiger partial charge >= 0.3 is 0 Å². The van der Waals surface area contributed by atoms with Crippen LogP contribution in [0, 0.1) is 10.5 Å². The van der Waals surface area contributed by atoms with Gasteiger partial charge in [-0.1, -0.05) is 6.07 Å². The van der Waals surface area contributed by atoms with Gasteiger partial charge in [0.1, 0.15) is 5.75 Å². The zero-order valence-corrected chi connectivity index (χ0v) is 9.37. The predicted octanol–water partition coefficient (Wildman–Crippen LogP) is 1.46. The molecule has 1 rings (SSSR count). The Bertz CT molecular complexity index is 325. The van der Waals surface area contributed by atoms with Gasteiger partial charge in [-0.05, 0) is 47.2 Å². The Morgan fingerprint density at radius 2 is 2.31 bits per heavy atom. The molecule has 0 bridgehead atoms. The van der Waals surface area contributed by atoms with Crippen LogP contribution in [0.25, 0.3) is 0 Å². The summed E-state index contributed by atoms with van der Waals surface area (Å²) in [6.07, 6.45) is 0. The second kappa shape index (κ2) is 4.45. The van der Waals surface area contributed by atoms with E-state index in [-0.39, 0.29) is 6.61 Å². The number of rotatable bonds is 3. The highest BCUT2D eigenvalue weighted by atomic mass is 127. The molecule has 0 radical (unpaired) electrons. The Morgan fingerprint density at radius 1 is 1.62 bits per heavy atom. The first-order valence-corrected chi connectivity index (χ1v) is 4.84. The third-order valence-electron chi connectivity index (χ3n) is 1.52. The predicted molar refractivity (Wildman–Crippen MR) is 58.6 cm³/mol. The van der Waals surface area contributed by atoms with E-state index in [1.54, 1.807) is 0 Å². The van der Waals surface area contributed by atoms with Gasteiger partial charge in [-0.2, -0.15) is 0 Å². The molecule has 1 amide bonds. The Balaban J connectivity index is 2.75. The van der Waals surface area contributed by atoms with Crippen molar-refractivity contribution in [2.75, 3.05) is 6.61 Å². The molecule has 0 aliphatic carbocycles. The van der Waals surface area contributed by atoms with Crippen molar-refractivity contribution < 1.29 is 9.53 Å². The lowest BCUT2D eigenvalue weighted by molar-refractivity contribution is -0.119. The second-order valence-corrected chi connectivity index (χ2v) is 3.91. The molecular formula is C9H10INO2. The fourth-order valence-electron chi connectivity index (χ4n) is 0.878. The van der Waals surface area contributed by atoms with E-state index >= 15 is 0 Å². The molecule has 0 spiro atoms. The maximum Gasteiger partial charge on any atom is 0.255 e. The van der Waals surface area contributed by atoms with Crippen LogP contribution in [0.4, 0.5) is 0 Å². The van der Waals surface area contributed by atoms with E-state index in [4.69, 9.17) is 10.5 Å². The average Bonchev–Trinajstić information content (AvgIpc) is 2.06. The largest absolute Gasteiger partial charge is 0.483 e. The van der Waals surface area contributed by atoms with Crippen molar-refractivity contribution in [3.63, 3.8) is 0 Å². The summed E-state index contributed by atoms with van der Waals surface area (Å²) in [5, 5.41) is 0. The summed E-state index contributed by atoms with van der Waals surface area (Å²) >= 11 is 2.18. The molecule has 0 heterocycles.